The van der Waals surface area contributed by atoms with Crippen LogP contribution in [-0.4, -0.2) is 41.1 Å². The Morgan fingerprint density at radius 3 is 2.33 bits per heavy atom. The van der Waals surface area contributed by atoms with E-state index in [0.717, 1.165) is 32.1 Å². The van der Waals surface area contributed by atoms with E-state index in [1.807, 2.05) is 0 Å². The first-order valence-electron chi connectivity index (χ1n) is 12.3. The summed E-state index contributed by atoms with van der Waals surface area (Å²) in [6, 6.07) is 0. The minimum atomic E-state index is -3.88. The Morgan fingerprint density at radius 2 is 1.63 bits per heavy atom. The van der Waals surface area contributed by atoms with Gasteiger partial charge in [-0.1, -0.05) is 20.8 Å². The molecule has 174 valence electrons. The Balaban J connectivity index is 1.50. The SMILES string of the molecule is C[C@H](CCCS(=O)(=O)O)[C@H]1CCC2C3C(CC[C@@]21C)[C@@]1(C)CC[C@@H](O)C[C@H]1C[C@H]3O. The van der Waals surface area contributed by atoms with Crippen molar-refractivity contribution in [1.29, 1.82) is 0 Å². The van der Waals surface area contributed by atoms with Gasteiger partial charge < -0.3 is 10.2 Å². The first-order valence-corrected chi connectivity index (χ1v) is 13.9. The molecule has 0 heterocycles. The lowest BCUT2D eigenvalue weighted by molar-refractivity contribution is -0.174. The van der Waals surface area contributed by atoms with Crippen LogP contribution in [0.1, 0.15) is 85.0 Å². The third-order valence-electron chi connectivity index (χ3n) is 10.5. The largest absolute Gasteiger partial charge is 0.393 e. The van der Waals surface area contributed by atoms with E-state index >= 15 is 0 Å². The van der Waals surface area contributed by atoms with Crippen LogP contribution in [0.4, 0.5) is 0 Å². The van der Waals surface area contributed by atoms with Gasteiger partial charge in [0.05, 0.1) is 18.0 Å². The van der Waals surface area contributed by atoms with Crippen molar-refractivity contribution in [2.45, 2.75) is 97.2 Å². The second-order valence-electron chi connectivity index (χ2n) is 11.9. The average Bonchev–Trinajstić information content (AvgIpc) is 2.99. The van der Waals surface area contributed by atoms with Gasteiger partial charge in [0.1, 0.15) is 0 Å². The molecule has 4 aliphatic carbocycles. The molecule has 0 aromatic rings. The van der Waals surface area contributed by atoms with E-state index in [-0.39, 0.29) is 28.8 Å². The molecule has 0 aromatic heterocycles. The highest BCUT2D eigenvalue weighted by Gasteiger charge is 2.62. The van der Waals surface area contributed by atoms with Crippen LogP contribution < -0.4 is 0 Å². The minimum Gasteiger partial charge on any atom is -0.393 e. The van der Waals surface area contributed by atoms with Gasteiger partial charge in [0.2, 0.25) is 0 Å². The molecule has 0 saturated heterocycles. The van der Waals surface area contributed by atoms with Crippen LogP contribution in [0.15, 0.2) is 0 Å². The van der Waals surface area contributed by atoms with Gasteiger partial charge in [-0.05, 0) is 111 Å². The maximum Gasteiger partial charge on any atom is 0.264 e. The molecule has 0 aliphatic heterocycles. The quantitative estimate of drug-likeness (QED) is 0.552. The third-order valence-corrected chi connectivity index (χ3v) is 11.3. The Morgan fingerprint density at radius 1 is 0.967 bits per heavy atom. The van der Waals surface area contributed by atoms with Gasteiger partial charge in [0, 0.05) is 0 Å². The maximum absolute atomic E-state index is 11.3. The number of hydrogen-bond donors (Lipinski definition) is 3. The van der Waals surface area contributed by atoms with Crippen molar-refractivity contribution in [3.05, 3.63) is 0 Å². The van der Waals surface area contributed by atoms with Crippen LogP contribution >= 0.6 is 0 Å². The molecule has 3 unspecified atom stereocenters. The smallest absolute Gasteiger partial charge is 0.264 e. The van der Waals surface area contributed by atoms with Gasteiger partial charge >= 0.3 is 0 Å². The van der Waals surface area contributed by atoms with E-state index in [2.05, 4.69) is 20.8 Å². The first kappa shape index (κ1) is 23.0. The van der Waals surface area contributed by atoms with Crippen molar-refractivity contribution < 1.29 is 23.2 Å². The van der Waals surface area contributed by atoms with Crippen LogP contribution in [0.2, 0.25) is 0 Å². The summed E-state index contributed by atoms with van der Waals surface area (Å²) >= 11 is 0. The summed E-state index contributed by atoms with van der Waals surface area (Å²) in [6.45, 7) is 7.14. The highest BCUT2D eigenvalue weighted by atomic mass is 32.2. The van der Waals surface area contributed by atoms with Gasteiger partial charge in [-0.25, -0.2) is 0 Å². The Labute approximate surface area is 182 Å². The van der Waals surface area contributed by atoms with Crippen LogP contribution in [0.3, 0.4) is 0 Å². The van der Waals surface area contributed by atoms with Crippen LogP contribution in [0, 0.1) is 46.3 Å². The van der Waals surface area contributed by atoms with Crippen LogP contribution in [-0.2, 0) is 10.1 Å². The minimum absolute atomic E-state index is 0.140. The molecule has 4 fully saturated rings. The van der Waals surface area contributed by atoms with Crippen molar-refractivity contribution >= 4 is 10.1 Å². The number of aliphatic hydroxyl groups excluding tert-OH is 2. The monoisotopic (exact) mass is 442 g/mol. The molecule has 0 amide bonds. The van der Waals surface area contributed by atoms with E-state index in [4.69, 9.17) is 4.55 Å². The second kappa shape index (κ2) is 8.00. The summed E-state index contributed by atoms with van der Waals surface area (Å²) in [5.41, 5.74) is 0.473. The third kappa shape index (κ3) is 3.88. The normalized spacial score (nSPS) is 49.7. The molecular formula is C24H42O5S. The molecule has 4 rings (SSSR count). The van der Waals surface area contributed by atoms with E-state index in [9.17, 15) is 18.6 Å². The van der Waals surface area contributed by atoms with E-state index in [1.165, 1.54) is 25.7 Å². The van der Waals surface area contributed by atoms with Gasteiger partial charge in [-0.2, -0.15) is 8.42 Å². The molecule has 3 N–H and O–H groups in total. The summed E-state index contributed by atoms with van der Waals surface area (Å²) in [5.74, 6) is 2.78. The zero-order chi connectivity index (χ0) is 21.9. The Kier molecular flexibility index (Phi) is 6.13. The molecule has 5 nitrogen and oxygen atoms in total. The van der Waals surface area contributed by atoms with Crippen LogP contribution in [0.25, 0.3) is 0 Å². The van der Waals surface area contributed by atoms with Crippen LogP contribution in [0.5, 0.6) is 0 Å². The molecule has 0 bridgehead atoms. The molecule has 6 heteroatoms. The number of fused-ring (bicyclic) bond motifs is 5. The molecule has 4 aliphatic rings. The fourth-order valence-corrected chi connectivity index (χ4v) is 9.50. The van der Waals surface area contributed by atoms with Gasteiger partial charge in [0.25, 0.3) is 10.1 Å². The molecule has 30 heavy (non-hydrogen) atoms. The van der Waals surface area contributed by atoms with Gasteiger partial charge in [-0.3, -0.25) is 4.55 Å². The van der Waals surface area contributed by atoms with Crippen molar-refractivity contribution in [2.75, 3.05) is 5.75 Å². The molecule has 0 radical (unpaired) electrons. The van der Waals surface area contributed by atoms with E-state index in [1.54, 1.807) is 0 Å². The summed E-state index contributed by atoms with van der Waals surface area (Å²) in [6.07, 6.45) is 9.31. The zero-order valence-corrected chi connectivity index (χ0v) is 19.8. The highest BCUT2D eigenvalue weighted by molar-refractivity contribution is 7.85. The number of aliphatic hydroxyl groups is 2. The maximum atomic E-state index is 11.3. The van der Waals surface area contributed by atoms with Crippen molar-refractivity contribution in [3.63, 3.8) is 0 Å². The Hall–Kier alpha value is -0.170. The van der Waals surface area contributed by atoms with E-state index < -0.39 is 10.1 Å². The average molecular weight is 443 g/mol. The predicted molar refractivity (Wildman–Crippen MR) is 117 cm³/mol. The van der Waals surface area contributed by atoms with Crippen molar-refractivity contribution in [2.24, 2.45) is 46.3 Å². The van der Waals surface area contributed by atoms with Crippen molar-refractivity contribution in [3.8, 4) is 0 Å². The topological polar surface area (TPSA) is 94.8 Å². The Bertz CT molecular complexity index is 738. The number of hydrogen-bond acceptors (Lipinski definition) is 4. The predicted octanol–water partition coefficient (Wildman–Crippen LogP) is 4.28. The van der Waals surface area contributed by atoms with Gasteiger partial charge in [0.15, 0.2) is 0 Å². The standard InChI is InChI=1S/C24H42O5S/c1-15(5-4-12-30(27,28)29)18-6-7-19-22-20(9-11-24(18,19)3)23(2)10-8-17(25)13-16(23)14-21(22)26/h15-22,25-26H,4-14H2,1-3H3,(H,27,28,29)/t15-,16+,17-,18-,19?,20?,21-,22?,23+,24-/m1/s1. The zero-order valence-electron chi connectivity index (χ0n) is 19.0. The lowest BCUT2D eigenvalue weighted by Crippen LogP contribution is -2.58. The lowest BCUT2D eigenvalue weighted by atomic mass is 9.43. The molecule has 0 spiro atoms. The van der Waals surface area contributed by atoms with E-state index in [0.29, 0.717) is 41.9 Å². The highest BCUT2D eigenvalue weighted by Crippen LogP contribution is 2.68. The fourth-order valence-electron chi connectivity index (χ4n) is 8.96. The fraction of sp³-hybridized carbons (Fsp3) is 1.00. The summed E-state index contributed by atoms with van der Waals surface area (Å²) in [7, 11) is -3.88. The summed E-state index contributed by atoms with van der Waals surface area (Å²) in [4.78, 5) is 0. The molecule has 10 atom stereocenters. The van der Waals surface area contributed by atoms with Crippen molar-refractivity contribution in [1.82, 2.24) is 0 Å². The molecule has 0 aromatic carbocycles. The van der Waals surface area contributed by atoms with Gasteiger partial charge in [-0.15, -0.1) is 0 Å². The first-order chi connectivity index (χ1) is 14.0. The lowest BCUT2D eigenvalue weighted by Gasteiger charge is -2.62. The second-order valence-corrected chi connectivity index (χ2v) is 13.4. The number of rotatable bonds is 5. The summed E-state index contributed by atoms with van der Waals surface area (Å²) < 4.78 is 31.2. The molecular weight excluding hydrogens is 400 g/mol. The summed E-state index contributed by atoms with van der Waals surface area (Å²) in [5, 5.41) is 21.5. The molecule has 4 saturated carbocycles.